The molecule has 0 N–H and O–H groups in total. The molecule has 18 heavy (non-hydrogen) atoms. The summed E-state index contributed by atoms with van der Waals surface area (Å²) in [6.07, 6.45) is 1.76. The molecule has 1 aliphatic heterocycles. The van der Waals surface area contributed by atoms with Crippen molar-refractivity contribution >= 4 is 28.8 Å². The van der Waals surface area contributed by atoms with Gasteiger partial charge < -0.3 is 4.90 Å². The van der Waals surface area contributed by atoms with E-state index in [1.54, 1.807) is 6.20 Å². The Morgan fingerprint density at radius 3 is 2.72 bits per heavy atom. The number of carbonyl (C=O) groups is 1. The quantitative estimate of drug-likeness (QED) is 0.821. The van der Waals surface area contributed by atoms with Crippen molar-refractivity contribution < 1.29 is 4.79 Å². The van der Waals surface area contributed by atoms with Crippen LogP contribution in [0.3, 0.4) is 0 Å². The Morgan fingerprint density at radius 2 is 2.17 bits per heavy atom. The van der Waals surface area contributed by atoms with Crippen LogP contribution in [0.5, 0.6) is 0 Å². The first-order chi connectivity index (χ1) is 8.49. The van der Waals surface area contributed by atoms with Gasteiger partial charge in [-0.1, -0.05) is 23.7 Å². The molecule has 0 radical (unpaired) electrons. The van der Waals surface area contributed by atoms with Gasteiger partial charge in [-0.05, 0) is 29.7 Å². The van der Waals surface area contributed by atoms with Crippen LogP contribution in [0.4, 0.5) is 0 Å². The predicted molar refractivity (Wildman–Crippen MR) is 74.9 cm³/mol. The lowest BCUT2D eigenvalue weighted by atomic mass is 10.0. The molecule has 0 spiro atoms. The summed E-state index contributed by atoms with van der Waals surface area (Å²) < 4.78 is 0. The third kappa shape index (κ3) is 2.46. The Hall–Kier alpha value is -1.61. The molecule has 0 saturated heterocycles. The fourth-order valence-corrected chi connectivity index (χ4v) is 2.10. The molecule has 94 valence electrons. The predicted octanol–water partition coefficient (Wildman–Crippen LogP) is 2.92. The van der Waals surface area contributed by atoms with Gasteiger partial charge in [0.2, 0.25) is 0 Å². The average Bonchev–Trinajstić information content (AvgIpc) is 2.32. The second kappa shape index (κ2) is 4.94. The maximum Gasteiger partial charge on any atom is 0.194 e. The van der Waals surface area contributed by atoms with Crippen molar-refractivity contribution in [1.29, 1.82) is 0 Å². The molecule has 4 heteroatoms. The minimum atomic E-state index is -0.0138. The molecule has 0 unspecified atom stereocenters. The minimum absolute atomic E-state index is 0.0138. The van der Waals surface area contributed by atoms with E-state index in [2.05, 4.69) is 4.99 Å². The number of halogens is 1. The van der Waals surface area contributed by atoms with E-state index in [0.29, 0.717) is 12.4 Å². The van der Waals surface area contributed by atoms with Crippen molar-refractivity contribution in [2.24, 2.45) is 4.99 Å². The van der Waals surface area contributed by atoms with E-state index in [1.807, 2.05) is 37.1 Å². The number of carbonyl (C=O) groups excluding carboxylic acids is 1. The summed E-state index contributed by atoms with van der Waals surface area (Å²) in [5, 5.41) is 0.761. The lowest BCUT2D eigenvalue weighted by Gasteiger charge is -2.24. The van der Waals surface area contributed by atoms with Gasteiger partial charge in [0.1, 0.15) is 0 Å². The van der Waals surface area contributed by atoms with Crippen LogP contribution in [0.25, 0.3) is 5.57 Å². The maximum atomic E-state index is 11.3. The summed E-state index contributed by atoms with van der Waals surface area (Å²) in [4.78, 5) is 17.4. The van der Waals surface area contributed by atoms with Gasteiger partial charge >= 0.3 is 0 Å². The molecule has 0 atom stereocenters. The molecule has 0 aromatic heterocycles. The van der Waals surface area contributed by atoms with Crippen molar-refractivity contribution in [3.8, 4) is 0 Å². The molecule has 1 aromatic rings. The molecule has 2 rings (SSSR count). The van der Waals surface area contributed by atoms with Crippen molar-refractivity contribution in [2.45, 2.75) is 13.8 Å². The molecule has 0 saturated carbocycles. The Bertz CT molecular complexity index is 561. The van der Waals surface area contributed by atoms with Crippen LogP contribution in [-0.4, -0.2) is 30.1 Å². The number of hydrogen-bond donors (Lipinski definition) is 0. The Balaban J connectivity index is 2.35. The van der Waals surface area contributed by atoms with Gasteiger partial charge in [-0.3, -0.25) is 4.79 Å². The first-order valence-corrected chi connectivity index (χ1v) is 6.12. The van der Waals surface area contributed by atoms with Gasteiger partial charge in [-0.15, -0.1) is 0 Å². The Labute approximate surface area is 112 Å². The molecular weight excluding hydrogens is 248 g/mol. The lowest BCUT2D eigenvalue weighted by molar-refractivity contribution is -0.111. The van der Waals surface area contributed by atoms with Crippen LogP contribution in [-0.2, 0) is 4.79 Å². The summed E-state index contributed by atoms with van der Waals surface area (Å²) in [5.74, 6) is 0.490. The van der Waals surface area contributed by atoms with Gasteiger partial charge in [0.25, 0.3) is 0 Å². The largest absolute Gasteiger partial charge is 0.352 e. The highest BCUT2D eigenvalue weighted by molar-refractivity contribution is 6.38. The highest BCUT2D eigenvalue weighted by atomic mass is 35.5. The van der Waals surface area contributed by atoms with Crippen LogP contribution in [0.15, 0.2) is 29.4 Å². The number of ketones is 1. The number of nitrogens with zero attached hydrogens (tertiary/aromatic N) is 2. The van der Waals surface area contributed by atoms with Gasteiger partial charge in [0.15, 0.2) is 11.6 Å². The third-order valence-electron chi connectivity index (χ3n) is 2.96. The summed E-state index contributed by atoms with van der Waals surface area (Å²) in [5.41, 5.74) is 3.22. The molecule has 1 heterocycles. The number of rotatable bonds is 2. The maximum absolute atomic E-state index is 11.3. The SMILES string of the molecule is CC(=O)C1=NC=C(c2ccc(Cl)c(C)c2)CN1C. The number of hydrogen-bond acceptors (Lipinski definition) is 3. The van der Waals surface area contributed by atoms with E-state index < -0.39 is 0 Å². The topological polar surface area (TPSA) is 32.7 Å². The standard InChI is InChI=1S/C14H15ClN2O/c1-9-6-11(4-5-13(9)15)12-7-16-14(10(2)18)17(3)8-12/h4-7H,8H2,1-3H3. The highest BCUT2D eigenvalue weighted by Crippen LogP contribution is 2.24. The zero-order chi connectivity index (χ0) is 13.3. The molecular formula is C14H15ClN2O. The smallest absolute Gasteiger partial charge is 0.194 e. The minimum Gasteiger partial charge on any atom is -0.352 e. The average molecular weight is 263 g/mol. The molecule has 0 amide bonds. The van der Waals surface area contributed by atoms with Crippen LogP contribution < -0.4 is 0 Å². The third-order valence-corrected chi connectivity index (χ3v) is 3.38. The van der Waals surface area contributed by atoms with E-state index in [9.17, 15) is 4.79 Å². The fraction of sp³-hybridized carbons (Fsp3) is 0.286. The molecule has 1 aliphatic rings. The summed E-state index contributed by atoms with van der Waals surface area (Å²) in [6.45, 7) is 4.18. The van der Waals surface area contributed by atoms with Crippen molar-refractivity contribution in [3.63, 3.8) is 0 Å². The molecule has 0 aliphatic carbocycles. The number of likely N-dealkylation sites (N-methyl/N-ethyl adjacent to an activating group) is 1. The van der Waals surface area contributed by atoms with Gasteiger partial charge in [0.05, 0.1) is 0 Å². The van der Waals surface area contributed by atoms with E-state index in [-0.39, 0.29) is 5.78 Å². The number of aryl methyl sites for hydroxylation is 1. The van der Waals surface area contributed by atoms with Gasteiger partial charge in [-0.25, -0.2) is 4.99 Å². The van der Waals surface area contributed by atoms with Crippen molar-refractivity contribution in [2.75, 3.05) is 13.6 Å². The van der Waals surface area contributed by atoms with Gasteiger partial charge in [-0.2, -0.15) is 0 Å². The number of benzene rings is 1. The first kappa shape index (κ1) is 12.8. The van der Waals surface area contributed by atoms with Crippen molar-refractivity contribution in [1.82, 2.24) is 4.90 Å². The number of Topliss-reactive ketones (excluding diaryl/α,β-unsaturated/α-hetero) is 1. The fourth-order valence-electron chi connectivity index (χ4n) is 1.98. The zero-order valence-electron chi connectivity index (χ0n) is 10.7. The monoisotopic (exact) mass is 262 g/mol. The van der Waals surface area contributed by atoms with Crippen LogP contribution in [0, 0.1) is 6.92 Å². The summed E-state index contributed by atoms with van der Waals surface area (Å²) >= 11 is 6.01. The zero-order valence-corrected chi connectivity index (χ0v) is 11.5. The second-order valence-corrected chi connectivity index (χ2v) is 4.89. The molecule has 0 bridgehead atoms. The van der Waals surface area contributed by atoms with E-state index in [0.717, 1.165) is 21.7 Å². The summed E-state index contributed by atoms with van der Waals surface area (Å²) in [6, 6.07) is 5.90. The summed E-state index contributed by atoms with van der Waals surface area (Å²) in [7, 11) is 1.87. The van der Waals surface area contributed by atoms with Gasteiger partial charge in [0, 0.05) is 31.7 Å². The Morgan fingerprint density at radius 1 is 1.44 bits per heavy atom. The molecule has 1 aromatic carbocycles. The highest BCUT2D eigenvalue weighted by Gasteiger charge is 2.17. The lowest BCUT2D eigenvalue weighted by Crippen LogP contribution is -2.35. The first-order valence-electron chi connectivity index (χ1n) is 5.74. The van der Waals surface area contributed by atoms with Crippen LogP contribution in [0.1, 0.15) is 18.1 Å². The molecule has 3 nitrogen and oxygen atoms in total. The Kier molecular flexibility index (Phi) is 3.53. The van der Waals surface area contributed by atoms with E-state index in [1.165, 1.54) is 6.92 Å². The van der Waals surface area contributed by atoms with Crippen LogP contribution in [0.2, 0.25) is 5.02 Å². The van der Waals surface area contributed by atoms with E-state index >= 15 is 0 Å². The second-order valence-electron chi connectivity index (χ2n) is 4.48. The number of amidine groups is 1. The van der Waals surface area contributed by atoms with E-state index in [4.69, 9.17) is 11.6 Å². The van der Waals surface area contributed by atoms with Crippen LogP contribution >= 0.6 is 11.6 Å². The number of aliphatic imine (C=N–C) groups is 1. The molecule has 0 fully saturated rings. The van der Waals surface area contributed by atoms with Crippen molar-refractivity contribution in [3.05, 3.63) is 40.5 Å². The normalized spacial score (nSPS) is 15.2.